The minimum atomic E-state index is -3.27. The van der Waals surface area contributed by atoms with E-state index in [1.54, 1.807) is 12.1 Å². The van der Waals surface area contributed by atoms with Crippen molar-refractivity contribution in [2.45, 2.75) is 17.2 Å². The van der Waals surface area contributed by atoms with Crippen molar-refractivity contribution >= 4 is 15.8 Å². The van der Waals surface area contributed by atoms with Gasteiger partial charge < -0.3 is 5.11 Å². The summed E-state index contributed by atoms with van der Waals surface area (Å²) in [7, 11) is -3.27. The number of benzene rings is 2. The van der Waals surface area contributed by atoms with Gasteiger partial charge >= 0.3 is 5.97 Å². The Morgan fingerprint density at radius 2 is 1.62 bits per heavy atom. The normalized spacial score (nSPS) is 12.8. The van der Waals surface area contributed by atoms with Gasteiger partial charge in [-0.3, -0.25) is 4.79 Å². The second-order valence-corrected chi connectivity index (χ2v) is 6.94. The Bertz CT molecular complexity index is 719. The van der Waals surface area contributed by atoms with Gasteiger partial charge in [0.2, 0.25) is 0 Å². The molecule has 2 aromatic carbocycles. The van der Waals surface area contributed by atoms with Gasteiger partial charge in [-0.25, -0.2) is 8.42 Å². The Morgan fingerprint density at radius 1 is 1.05 bits per heavy atom. The van der Waals surface area contributed by atoms with Crippen molar-refractivity contribution < 1.29 is 18.3 Å². The van der Waals surface area contributed by atoms with Crippen LogP contribution in [-0.2, 0) is 21.1 Å². The fourth-order valence-electron chi connectivity index (χ4n) is 2.14. The molecule has 0 amide bonds. The first-order chi connectivity index (χ1) is 9.88. The average molecular weight is 304 g/mol. The molecule has 0 saturated heterocycles. The molecule has 2 rings (SSSR count). The van der Waals surface area contributed by atoms with Crippen LogP contribution < -0.4 is 0 Å². The zero-order chi connectivity index (χ0) is 15.5. The predicted octanol–water partition coefficient (Wildman–Crippen LogP) is 2.50. The van der Waals surface area contributed by atoms with E-state index in [2.05, 4.69) is 0 Å². The molecule has 0 aromatic heterocycles. The maximum absolute atomic E-state index is 11.5. The van der Waals surface area contributed by atoms with Gasteiger partial charge in [0, 0.05) is 6.26 Å². The first kappa shape index (κ1) is 15.3. The number of hydrogen-bond acceptors (Lipinski definition) is 3. The van der Waals surface area contributed by atoms with Crippen LogP contribution in [0.5, 0.6) is 0 Å². The Hall–Kier alpha value is -2.14. The molecule has 0 radical (unpaired) electrons. The van der Waals surface area contributed by atoms with Gasteiger partial charge in [0.1, 0.15) is 0 Å². The molecule has 1 unspecified atom stereocenters. The molecule has 110 valence electrons. The van der Waals surface area contributed by atoms with Crippen LogP contribution in [0.2, 0.25) is 0 Å². The van der Waals surface area contributed by atoms with E-state index in [-0.39, 0.29) is 4.90 Å². The Balaban J connectivity index is 2.29. The third-order valence-corrected chi connectivity index (χ3v) is 4.42. The number of carbonyl (C=O) groups is 1. The molecule has 1 N–H and O–H groups in total. The SMILES string of the molecule is CS(=O)(=O)c1ccc(C(Cc2ccccc2)C(=O)O)cc1. The van der Waals surface area contributed by atoms with Gasteiger partial charge in [-0.05, 0) is 29.7 Å². The lowest BCUT2D eigenvalue weighted by atomic mass is 9.92. The topological polar surface area (TPSA) is 71.4 Å². The molecule has 0 heterocycles. The van der Waals surface area contributed by atoms with Crippen LogP contribution >= 0.6 is 0 Å². The summed E-state index contributed by atoms with van der Waals surface area (Å²) in [6.07, 6.45) is 1.50. The highest BCUT2D eigenvalue weighted by atomic mass is 32.2. The van der Waals surface area contributed by atoms with E-state index in [4.69, 9.17) is 0 Å². The summed E-state index contributed by atoms with van der Waals surface area (Å²) in [5.74, 6) is -1.62. The molecule has 1 atom stereocenters. The van der Waals surface area contributed by atoms with Gasteiger partial charge in [-0.1, -0.05) is 42.5 Å². The third kappa shape index (κ3) is 3.92. The molecule has 21 heavy (non-hydrogen) atoms. The maximum atomic E-state index is 11.5. The number of sulfone groups is 1. The molecule has 0 aliphatic rings. The second kappa shape index (κ2) is 6.10. The second-order valence-electron chi connectivity index (χ2n) is 4.92. The van der Waals surface area contributed by atoms with Crippen LogP contribution in [0.25, 0.3) is 0 Å². The highest BCUT2D eigenvalue weighted by molar-refractivity contribution is 7.90. The summed E-state index contributed by atoms with van der Waals surface area (Å²) in [5, 5.41) is 9.40. The summed E-state index contributed by atoms with van der Waals surface area (Å²) in [4.78, 5) is 11.7. The molecule has 5 heteroatoms. The molecule has 2 aromatic rings. The predicted molar refractivity (Wildman–Crippen MR) is 80.1 cm³/mol. The maximum Gasteiger partial charge on any atom is 0.311 e. The number of rotatable bonds is 5. The summed E-state index contributed by atoms with van der Waals surface area (Å²) in [5.41, 5.74) is 1.52. The van der Waals surface area contributed by atoms with Crippen LogP contribution in [0.4, 0.5) is 0 Å². The van der Waals surface area contributed by atoms with E-state index >= 15 is 0 Å². The Kier molecular flexibility index (Phi) is 4.43. The summed E-state index contributed by atoms with van der Waals surface area (Å²) < 4.78 is 22.8. The number of aliphatic carboxylic acids is 1. The smallest absolute Gasteiger partial charge is 0.311 e. The lowest BCUT2D eigenvalue weighted by Crippen LogP contribution is -2.14. The van der Waals surface area contributed by atoms with Crippen LogP contribution in [0.3, 0.4) is 0 Å². The Labute approximate surface area is 124 Å². The summed E-state index contributed by atoms with van der Waals surface area (Å²) >= 11 is 0. The molecule has 4 nitrogen and oxygen atoms in total. The zero-order valence-electron chi connectivity index (χ0n) is 11.6. The molecule has 0 aliphatic carbocycles. The molecule has 0 fully saturated rings. The van der Waals surface area contributed by atoms with E-state index in [1.807, 2.05) is 30.3 Å². The van der Waals surface area contributed by atoms with Gasteiger partial charge in [-0.15, -0.1) is 0 Å². The molecular weight excluding hydrogens is 288 g/mol. The third-order valence-electron chi connectivity index (χ3n) is 3.29. The molecule has 0 saturated carbocycles. The quantitative estimate of drug-likeness (QED) is 0.921. The van der Waals surface area contributed by atoms with Gasteiger partial charge in [0.05, 0.1) is 10.8 Å². The van der Waals surface area contributed by atoms with Crippen LogP contribution in [0.15, 0.2) is 59.5 Å². The molecule has 0 bridgehead atoms. The monoisotopic (exact) mass is 304 g/mol. The minimum Gasteiger partial charge on any atom is -0.481 e. The van der Waals surface area contributed by atoms with Gasteiger partial charge in [0.25, 0.3) is 0 Å². The van der Waals surface area contributed by atoms with Crippen molar-refractivity contribution in [3.8, 4) is 0 Å². The van der Waals surface area contributed by atoms with E-state index in [0.29, 0.717) is 12.0 Å². The number of carboxylic acids is 1. The lowest BCUT2D eigenvalue weighted by molar-refractivity contribution is -0.138. The van der Waals surface area contributed by atoms with Crippen LogP contribution in [-0.4, -0.2) is 25.7 Å². The minimum absolute atomic E-state index is 0.190. The van der Waals surface area contributed by atoms with Crippen molar-refractivity contribution in [3.63, 3.8) is 0 Å². The van der Waals surface area contributed by atoms with Crippen molar-refractivity contribution in [2.75, 3.05) is 6.26 Å². The Morgan fingerprint density at radius 3 is 2.10 bits per heavy atom. The van der Waals surface area contributed by atoms with E-state index < -0.39 is 21.7 Å². The van der Waals surface area contributed by atoms with Crippen molar-refractivity contribution in [1.29, 1.82) is 0 Å². The van der Waals surface area contributed by atoms with E-state index in [0.717, 1.165) is 11.8 Å². The molecule has 0 aliphatic heterocycles. The van der Waals surface area contributed by atoms with E-state index in [1.165, 1.54) is 12.1 Å². The average Bonchev–Trinajstić information content (AvgIpc) is 2.45. The first-order valence-electron chi connectivity index (χ1n) is 6.44. The van der Waals surface area contributed by atoms with Gasteiger partial charge in [0.15, 0.2) is 9.84 Å². The van der Waals surface area contributed by atoms with E-state index in [9.17, 15) is 18.3 Å². The standard InChI is InChI=1S/C16H16O4S/c1-21(19,20)14-9-7-13(8-10-14)15(16(17)18)11-12-5-3-2-4-6-12/h2-10,15H,11H2,1H3,(H,17,18). The summed E-state index contributed by atoms with van der Waals surface area (Å²) in [6, 6.07) is 15.4. The largest absolute Gasteiger partial charge is 0.481 e. The highest BCUT2D eigenvalue weighted by Crippen LogP contribution is 2.23. The summed E-state index contributed by atoms with van der Waals surface area (Å²) in [6.45, 7) is 0. The first-order valence-corrected chi connectivity index (χ1v) is 8.34. The number of hydrogen-bond donors (Lipinski definition) is 1. The fraction of sp³-hybridized carbons (Fsp3) is 0.188. The van der Waals surface area contributed by atoms with Crippen molar-refractivity contribution in [1.82, 2.24) is 0 Å². The zero-order valence-corrected chi connectivity index (χ0v) is 12.4. The van der Waals surface area contributed by atoms with Crippen molar-refractivity contribution in [2.24, 2.45) is 0 Å². The van der Waals surface area contributed by atoms with Crippen LogP contribution in [0, 0.1) is 0 Å². The fourth-order valence-corrected chi connectivity index (χ4v) is 2.78. The number of carboxylic acid groups (broad SMARTS) is 1. The molecule has 0 spiro atoms. The molecular formula is C16H16O4S. The van der Waals surface area contributed by atoms with Crippen molar-refractivity contribution in [3.05, 3.63) is 65.7 Å². The van der Waals surface area contributed by atoms with Crippen LogP contribution in [0.1, 0.15) is 17.0 Å². The lowest BCUT2D eigenvalue weighted by Gasteiger charge is -2.13. The van der Waals surface area contributed by atoms with Gasteiger partial charge in [-0.2, -0.15) is 0 Å². The highest BCUT2D eigenvalue weighted by Gasteiger charge is 2.20.